The smallest absolute Gasteiger partial charge is 0.232 e. The third-order valence-corrected chi connectivity index (χ3v) is 9.42. The van der Waals surface area contributed by atoms with Crippen molar-refractivity contribution in [3.8, 4) is 0 Å². The van der Waals surface area contributed by atoms with Crippen LogP contribution in [0.1, 0.15) is 44.6 Å². The molecule has 3 aliphatic heterocycles. The number of para-hydroxylation sites is 1. The maximum Gasteiger partial charge on any atom is 0.232 e. The first-order valence-corrected chi connectivity index (χ1v) is 15.9. The highest BCUT2D eigenvalue weighted by Crippen LogP contribution is 2.34. The van der Waals surface area contributed by atoms with Crippen LogP contribution in [0, 0.1) is 0 Å². The highest BCUT2D eigenvalue weighted by molar-refractivity contribution is 7.80. The van der Waals surface area contributed by atoms with E-state index in [4.69, 9.17) is 26.9 Å². The van der Waals surface area contributed by atoms with E-state index < -0.39 is 0 Å². The molecule has 0 amide bonds. The van der Waals surface area contributed by atoms with Crippen molar-refractivity contribution in [1.82, 2.24) is 15.3 Å². The van der Waals surface area contributed by atoms with Gasteiger partial charge in [0, 0.05) is 75.7 Å². The zero-order chi connectivity index (χ0) is 28.8. The van der Waals surface area contributed by atoms with Crippen molar-refractivity contribution in [2.24, 2.45) is 0 Å². The van der Waals surface area contributed by atoms with Gasteiger partial charge in [-0.1, -0.05) is 48.5 Å². The van der Waals surface area contributed by atoms with E-state index in [1.807, 2.05) is 0 Å². The number of aromatic nitrogens is 2. The van der Waals surface area contributed by atoms with E-state index in [-0.39, 0.29) is 5.41 Å². The molecule has 3 saturated heterocycles. The van der Waals surface area contributed by atoms with Gasteiger partial charge in [-0.25, -0.2) is 0 Å². The quantitative estimate of drug-likeness (QED) is 0.364. The number of rotatable bonds is 7. The topological polar surface area (TPSA) is 68.8 Å². The number of benzene rings is 2. The summed E-state index contributed by atoms with van der Waals surface area (Å²) in [6.45, 7) is 9.31. The van der Waals surface area contributed by atoms with Gasteiger partial charge < -0.3 is 30.1 Å². The molecule has 0 aliphatic carbocycles. The van der Waals surface area contributed by atoms with Crippen molar-refractivity contribution in [2.45, 2.75) is 50.5 Å². The minimum Gasteiger partial charge on any atom is -0.381 e. The second-order valence-electron chi connectivity index (χ2n) is 11.8. The van der Waals surface area contributed by atoms with Gasteiger partial charge in [0.05, 0.1) is 0 Å². The van der Waals surface area contributed by atoms with Crippen LogP contribution in [-0.2, 0) is 10.2 Å². The molecule has 0 unspecified atom stereocenters. The van der Waals surface area contributed by atoms with Crippen LogP contribution < -0.4 is 25.3 Å². The van der Waals surface area contributed by atoms with Gasteiger partial charge in [-0.15, -0.1) is 0 Å². The van der Waals surface area contributed by atoms with Gasteiger partial charge in [-0.3, -0.25) is 0 Å². The molecule has 0 bridgehead atoms. The van der Waals surface area contributed by atoms with E-state index in [0.29, 0.717) is 17.1 Å². The highest BCUT2D eigenvalue weighted by Gasteiger charge is 2.34. The van der Waals surface area contributed by atoms with E-state index in [1.54, 1.807) is 0 Å². The number of nitrogens with zero attached hydrogens (tertiary/aromatic N) is 5. The molecule has 4 heterocycles. The third kappa shape index (κ3) is 6.63. The lowest BCUT2D eigenvalue weighted by molar-refractivity contribution is 0.0515. The fourth-order valence-electron chi connectivity index (χ4n) is 6.57. The number of piperazine rings is 1. The minimum absolute atomic E-state index is 0.0131. The molecule has 3 aliphatic rings. The van der Waals surface area contributed by atoms with Gasteiger partial charge in [0.15, 0.2) is 5.11 Å². The second kappa shape index (κ2) is 13.3. The van der Waals surface area contributed by atoms with Crippen molar-refractivity contribution in [3.63, 3.8) is 0 Å². The predicted octanol–water partition coefficient (Wildman–Crippen LogP) is 5.22. The average molecular weight is 586 g/mol. The summed E-state index contributed by atoms with van der Waals surface area (Å²) in [5, 5.41) is 7.44. The average Bonchev–Trinajstić information content (AvgIpc) is 3.05. The maximum atomic E-state index is 5.83. The SMILES string of the molecule is C[C@H]1CCCCN1c1cc(N2CCN(c3ccccc3)CC2)nc(NC(=S)NCC2(c3ccccc3)CCOCC2)n1. The molecule has 3 fully saturated rings. The lowest BCUT2D eigenvalue weighted by Gasteiger charge is -2.38. The molecule has 1 aromatic heterocycles. The van der Waals surface area contributed by atoms with Crippen LogP contribution in [-0.4, -0.2) is 73.6 Å². The molecule has 9 heteroatoms. The highest BCUT2D eigenvalue weighted by atomic mass is 32.1. The largest absolute Gasteiger partial charge is 0.381 e. The Kier molecular flexibility index (Phi) is 9.05. The van der Waals surface area contributed by atoms with E-state index >= 15 is 0 Å². The van der Waals surface area contributed by atoms with Crippen molar-refractivity contribution in [2.75, 3.05) is 72.5 Å². The Balaban J connectivity index is 1.18. The van der Waals surface area contributed by atoms with E-state index in [9.17, 15) is 0 Å². The molecule has 2 N–H and O–H groups in total. The fraction of sp³-hybridized carbons (Fsp3) is 0.485. The minimum atomic E-state index is -0.0131. The predicted molar refractivity (Wildman–Crippen MR) is 176 cm³/mol. The van der Waals surface area contributed by atoms with Gasteiger partial charge in [0.1, 0.15) is 11.6 Å². The summed E-state index contributed by atoms with van der Waals surface area (Å²) in [5.41, 5.74) is 2.60. The van der Waals surface area contributed by atoms with Crippen molar-refractivity contribution >= 4 is 40.6 Å². The molecule has 8 nitrogen and oxygen atoms in total. The molecule has 0 saturated carbocycles. The monoisotopic (exact) mass is 585 g/mol. The molecular formula is C33H43N7OS. The summed E-state index contributed by atoms with van der Waals surface area (Å²) < 4.78 is 5.72. The Bertz CT molecular complexity index is 1310. The van der Waals surface area contributed by atoms with Crippen molar-refractivity contribution < 1.29 is 4.74 Å². The summed E-state index contributed by atoms with van der Waals surface area (Å²) in [7, 11) is 0. The summed E-state index contributed by atoms with van der Waals surface area (Å²) in [6.07, 6.45) is 5.57. The Labute approximate surface area is 255 Å². The number of ether oxygens (including phenoxy) is 1. The molecule has 6 rings (SSSR count). The number of thiocarbonyl (C=S) groups is 1. The number of hydrogen-bond acceptors (Lipinski definition) is 7. The summed E-state index contributed by atoms with van der Waals surface area (Å²) >= 11 is 5.83. The van der Waals surface area contributed by atoms with Crippen LogP contribution in [0.4, 0.5) is 23.3 Å². The summed E-state index contributed by atoms with van der Waals surface area (Å²) in [6, 6.07) is 24.0. The van der Waals surface area contributed by atoms with E-state index in [0.717, 1.165) is 77.0 Å². The first kappa shape index (κ1) is 28.7. The third-order valence-electron chi connectivity index (χ3n) is 9.17. The van der Waals surface area contributed by atoms with Gasteiger partial charge in [-0.2, -0.15) is 9.97 Å². The van der Waals surface area contributed by atoms with Crippen LogP contribution in [0.2, 0.25) is 0 Å². The van der Waals surface area contributed by atoms with E-state index in [1.165, 1.54) is 30.5 Å². The summed E-state index contributed by atoms with van der Waals surface area (Å²) in [5.74, 6) is 2.50. The Morgan fingerprint density at radius 1 is 0.881 bits per heavy atom. The molecule has 1 atom stereocenters. The van der Waals surface area contributed by atoms with Crippen LogP contribution >= 0.6 is 12.2 Å². The Hall–Kier alpha value is -3.43. The lowest BCUT2D eigenvalue weighted by Crippen LogP contribution is -2.47. The zero-order valence-corrected chi connectivity index (χ0v) is 25.5. The molecule has 3 aromatic rings. The molecule has 2 aromatic carbocycles. The van der Waals surface area contributed by atoms with Gasteiger partial charge in [-0.05, 0) is 68.9 Å². The molecule has 0 radical (unpaired) electrons. The van der Waals surface area contributed by atoms with Crippen LogP contribution in [0.5, 0.6) is 0 Å². The number of anilines is 4. The Morgan fingerprint density at radius 3 is 2.26 bits per heavy atom. The normalized spacial score (nSPS) is 20.7. The molecular weight excluding hydrogens is 542 g/mol. The molecule has 0 spiro atoms. The second-order valence-corrected chi connectivity index (χ2v) is 12.2. The lowest BCUT2D eigenvalue weighted by atomic mass is 9.74. The fourth-order valence-corrected chi connectivity index (χ4v) is 6.74. The van der Waals surface area contributed by atoms with Crippen molar-refractivity contribution in [3.05, 3.63) is 72.3 Å². The standard InChI is InChI=1S/C33H43N7OS/c1-26-10-8-9-17-40(26)30-24-29(39-20-18-38(19-21-39)28-13-6-3-7-14-28)35-31(36-30)37-32(42)34-25-33(15-22-41-23-16-33)27-11-4-2-5-12-27/h2-7,11-14,24,26H,8-10,15-23,25H2,1H3,(H2,34,35,36,37,42)/t26-/m0/s1. The Morgan fingerprint density at radius 2 is 1.55 bits per heavy atom. The molecule has 222 valence electrons. The van der Waals surface area contributed by atoms with Crippen molar-refractivity contribution in [1.29, 1.82) is 0 Å². The first-order chi connectivity index (χ1) is 20.6. The number of hydrogen-bond donors (Lipinski definition) is 2. The number of nitrogens with one attached hydrogen (secondary N) is 2. The maximum absolute atomic E-state index is 5.83. The van der Waals surface area contributed by atoms with Gasteiger partial charge in [0.2, 0.25) is 5.95 Å². The van der Waals surface area contributed by atoms with Gasteiger partial charge >= 0.3 is 0 Å². The van der Waals surface area contributed by atoms with E-state index in [2.05, 4.69) is 99.0 Å². The van der Waals surface area contributed by atoms with Crippen LogP contribution in [0.3, 0.4) is 0 Å². The van der Waals surface area contributed by atoms with Crippen LogP contribution in [0.25, 0.3) is 0 Å². The van der Waals surface area contributed by atoms with Gasteiger partial charge in [0.25, 0.3) is 0 Å². The zero-order valence-electron chi connectivity index (χ0n) is 24.7. The summed E-state index contributed by atoms with van der Waals surface area (Å²) in [4.78, 5) is 17.3. The van der Waals surface area contributed by atoms with Crippen LogP contribution in [0.15, 0.2) is 66.7 Å². The number of piperidine rings is 1. The first-order valence-electron chi connectivity index (χ1n) is 15.5. The molecule has 42 heavy (non-hydrogen) atoms.